The second-order valence-electron chi connectivity index (χ2n) is 8.60. The van der Waals surface area contributed by atoms with Crippen molar-refractivity contribution in [3.05, 3.63) is 75.7 Å². The first-order valence-electron chi connectivity index (χ1n) is 12.6. The summed E-state index contributed by atoms with van der Waals surface area (Å²) >= 11 is 1.32. The van der Waals surface area contributed by atoms with E-state index in [0.717, 1.165) is 28.2 Å². The van der Waals surface area contributed by atoms with E-state index in [1.54, 1.807) is 38.1 Å². The van der Waals surface area contributed by atoms with Gasteiger partial charge in [-0.3, -0.25) is 9.59 Å². The molecule has 39 heavy (non-hydrogen) atoms. The van der Waals surface area contributed by atoms with Crippen LogP contribution in [-0.2, 0) is 9.53 Å². The van der Waals surface area contributed by atoms with Crippen LogP contribution in [0.15, 0.2) is 53.6 Å². The number of hydrogen-bond donors (Lipinski definition) is 2. The third-order valence-corrected chi connectivity index (χ3v) is 6.73. The van der Waals surface area contributed by atoms with Gasteiger partial charge in [-0.25, -0.2) is 10.2 Å². The van der Waals surface area contributed by atoms with Crippen molar-refractivity contribution in [2.24, 2.45) is 5.10 Å². The average molecular weight is 552 g/mol. The summed E-state index contributed by atoms with van der Waals surface area (Å²) in [4.78, 5) is 38.5. The standard InChI is InChI=1S/C29H33N3O6S/c1-6-15-37-24-10-8-9-21(16-24)17-30-32-26(33)19(4)38-23-13-11-22(12-14-23)27(34)31-28-25(29(35)36-7-2)18(3)20(5)39-28/h8-14,16-17,19H,6-7,15H2,1-5H3,(H,31,34)(H,32,33)/b30-17-/t19-/m0/s1. The van der Waals surface area contributed by atoms with Gasteiger partial charge in [-0.2, -0.15) is 5.10 Å². The second-order valence-corrected chi connectivity index (χ2v) is 9.83. The number of nitrogens with one attached hydrogen (secondary N) is 2. The highest BCUT2D eigenvalue weighted by atomic mass is 32.1. The minimum absolute atomic E-state index is 0.243. The van der Waals surface area contributed by atoms with Gasteiger partial charge in [-0.15, -0.1) is 11.3 Å². The van der Waals surface area contributed by atoms with E-state index in [4.69, 9.17) is 14.2 Å². The van der Waals surface area contributed by atoms with E-state index in [1.807, 2.05) is 45.0 Å². The average Bonchev–Trinajstić information content (AvgIpc) is 3.20. The van der Waals surface area contributed by atoms with E-state index < -0.39 is 18.0 Å². The maximum Gasteiger partial charge on any atom is 0.341 e. The lowest BCUT2D eigenvalue weighted by Gasteiger charge is -2.13. The third kappa shape index (κ3) is 8.15. The highest BCUT2D eigenvalue weighted by Crippen LogP contribution is 2.33. The summed E-state index contributed by atoms with van der Waals surface area (Å²) in [7, 11) is 0. The number of carbonyl (C=O) groups excluding carboxylic acids is 3. The van der Waals surface area contributed by atoms with Crippen molar-refractivity contribution in [1.29, 1.82) is 0 Å². The van der Waals surface area contributed by atoms with Crippen LogP contribution < -0.4 is 20.2 Å². The summed E-state index contributed by atoms with van der Waals surface area (Å²) in [6.07, 6.45) is 1.61. The van der Waals surface area contributed by atoms with Crippen LogP contribution in [0, 0.1) is 13.8 Å². The first-order chi connectivity index (χ1) is 18.7. The summed E-state index contributed by atoms with van der Waals surface area (Å²) in [6.45, 7) is 9.94. The molecule has 9 nitrogen and oxygen atoms in total. The van der Waals surface area contributed by atoms with Crippen LogP contribution in [0.1, 0.15) is 63.9 Å². The molecule has 0 unspecified atom stereocenters. The Hall–Kier alpha value is -4.18. The number of thiophene rings is 1. The predicted molar refractivity (Wildman–Crippen MR) is 152 cm³/mol. The van der Waals surface area contributed by atoms with Gasteiger partial charge >= 0.3 is 5.97 Å². The van der Waals surface area contributed by atoms with Gasteiger partial charge in [-0.1, -0.05) is 19.1 Å². The number of ether oxygens (including phenoxy) is 3. The van der Waals surface area contributed by atoms with E-state index in [2.05, 4.69) is 15.8 Å². The Bertz CT molecular complexity index is 1330. The van der Waals surface area contributed by atoms with Crippen molar-refractivity contribution in [1.82, 2.24) is 5.43 Å². The molecule has 0 aliphatic carbocycles. The molecule has 0 saturated carbocycles. The van der Waals surface area contributed by atoms with E-state index in [1.165, 1.54) is 17.6 Å². The zero-order chi connectivity index (χ0) is 28.4. The second kappa shape index (κ2) is 14.1. The lowest BCUT2D eigenvalue weighted by Crippen LogP contribution is -2.33. The molecule has 2 N–H and O–H groups in total. The number of esters is 1. The van der Waals surface area contributed by atoms with Crippen LogP contribution in [0.25, 0.3) is 0 Å². The number of amides is 2. The van der Waals surface area contributed by atoms with Crippen molar-refractivity contribution in [3.8, 4) is 11.5 Å². The Labute approximate surface area is 232 Å². The molecule has 0 saturated heterocycles. The summed E-state index contributed by atoms with van der Waals surface area (Å²) in [5, 5.41) is 7.25. The third-order valence-electron chi connectivity index (χ3n) is 5.61. The Balaban J connectivity index is 1.56. The smallest absolute Gasteiger partial charge is 0.341 e. The van der Waals surface area contributed by atoms with Crippen LogP contribution in [0.3, 0.4) is 0 Å². The van der Waals surface area contributed by atoms with Gasteiger partial charge in [0.05, 0.1) is 25.0 Å². The fraction of sp³-hybridized carbons (Fsp3) is 0.310. The van der Waals surface area contributed by atoms with E-state index >= 15 is 0 Å². The van der Waals surface area contributed by atoms with Gasteiger partial charge < -0.3 is 19.5 Å². The fourth-order valence-corrected chi connectivity index (χ4v) is 4.49. The topological polar surface area (TPSA) is 115 Å². The molecule has 1 heterocycles. The first kappa shape index (κ1) is 29.4. The highest BCUT2D eigenvalue weighted by Gasteiger charge is 2.22. The molecule has 0 fully saturated rings. The van der Waals surface area contributed by atoms with Crippen LogP contribution in [-0.4, -0.2) is 43.3 Å². The Morgan fingerprint density at radius 3 is 2.49 bits per heavy atom. The molecule has 206 valence electrons. The number of rotatable bonds is 12. The number of aryl methyl sites for hydroxylation is 1. The van der Waals surface area contributed by atoms with Gasteiger partial charge in [0.15, 0.2) is 6.10 Å². The number of nitrogens with zero attached hydrogens (tertiary/aromatic N) is 1. The lowest BCUT2D eigenvalue weighted by atomic mass is 10.1. The zero-order valence-corrected chi connectivity index (χ0v) is 23.5. The van der Waals surface area contributed by atoms with E-state index in [0.29, 0.717) is 28.5 Å². The first-order valence-corrected chi connectivity index (χ1v) is 13.5. The molecule has 10 heteroatoms. The van der Waals surface area contributed by atoms with Crippen molar-refractivity contribution in [3.63, 3.8) is 0 Å². The lowest BCUT2D eigenvalue weighted by molar-refractivity contribution is -0.127. The molecular formula is C29H33N3O6S. The summed E-state index contributed by atoms with van der Waals surface area (Å²) in [5.74, 6) is -0.126. The highest BCUT2D eigenvalue weighted by molar-refractivity contribution is 7.16. The molecule has 0 bridgehead atoms. The summed E-state index contributed by atoms with van der Waals surface area (Å²) in [5.41, 5.74) is 4.77. The zero-order valence-electron chi connectivity index (χ0n) is 22.7. The van der Waals surface area contributed by atoms with Gasteiger partial charge in [0.1, 0.15) is 16.5 Å². The number of anilines is 1. The molecule has 1 aromatic heterocycles. The Morgan fingerprint density at radius 1 is 1.05 bits per heavy atom. The molecule has 0 aliphatic heterocycles. The van der Waals surface area contributed by atoms with Crippen molar-refractivity contribution in [2.45, 2.75) is 47.1 Å². The predicted octanol–water partition coefficient (Wildman–Crippen LogP) is 5.50. The monoisotopic (exact) mass is 551 g/mol. The number of carbonyl (C=O) groups is 3. The van der Waals surface area contributed by atoms with Crippen molar-refractivity contribution < 1.29 is 28.6 Å². The molecule has 2 aromatic carbocycles. The van der Waals surface area contributed by atoms with E-state index in [-0.39, 0.29) is 12.5 Å². The number of benzene rings is 2. The Morgan fingerprint density at radius 2 is 1.79 bits per heavy atom. The number of hydrogen-bond acceptors (Lipinski definition) is 8. The van der Waals surface area contributed by atoms with Crippen LogP contribution in [0.2, 0.25) is 0 Å². The van der Waals surface area contributed by atoms with Gasteiger partial charge in [-0.05, 0) is 81.6 Å². The normalized spacial score (nSPS) is 11.6. The Kier molecular flexibility index (Phi) is 10.6. The summed E-state index contributed by atoms with van der Waals surface area (Å²) in [6, 6.07) is 13.8. The largest absolute Gasteiger partial charge is 0.494 e. The molecule has 0 spiro atoms. The molecule has 3 rings (SSSR count). The molecule has 1 atom stereocenters. The molecule has 2 amide bonds. The maximum absolute atomic E-state index is 12.8. The molecular weight excluding hydrogens is 518 g/mol. The minimum atomic E-state index is -0.828. The summed E-state index contributed by atoms with van der Waals surface area (Å²) < 4.78 is 16.4. The van der Waals surface area contributed by atoms with Crippen LogP contribution in [0.4, 0.5) is 5.00 Å². The quantitative estimate of drug-likeness (QED) is 0.174. The van der Waals surface area contributed by atoms with Crippen LogP contribution >= 0.6 is 11.3 Å². The molecule has 0 radical (unpaired) electrons. The van der Waals surface area contributed by atoms with Crippen molar-refractivity contribution in [2.75, 3.05) is 18.5 Å². The number of hydrazone groups is 1. The van der Waals surface area contributed by atoms with Gasteiger partial charge in [0.25, 0.3) is 11.8 Å². The van der Waals surface area contributed by atoms with Gasteiger partial charge in [0, 0.05) is 10.4 Å². The maximum atomic E-state index is 12.8. The minimum Gasteiger partial charge on any atom is -0.494 e. The van der Waals surface area contributed by atoms with Crippen molar-refractivity contribution >= 4 is 40.3 Å². The SMILES string of the molecule is CCCOc1cccc(/C=N\NC(=O)[C@H](C)Oc2ccc(C(=O)Nc3sc(C)c(C)c3C(=O)OCC)cc2)c1. The van der Waals surface area contributed by atoms with E-state index in [9.17, 15) is 14.4 Å². The molecule has 3 aromatic rings. The fourth-order valence-electron chi connectivity index (χ4n) is 3.45. The van der Waals surface area contributed by atoms with Crippen LogP contribution in [0.5, 0.6) is 11.5 Å². The molecule has 0 aliphatic rings. The van der Waals surface area contributed by atoms with Gasteiger partial charge in [0.2, 0.25) is 0 Å².